The van der Waals surface area contributed by atoms with Gasteiger partial charge in [-0.3, -0.25) is 9.59 Å². The third-order valence-corrected chi connectivity index (χ3v) is 6.65. The van der Waals surface area contributed by atoms with Crippen LogP contribution in [0.5, 0.6) is 0 Å². The van der Waals surface area contributed by atoms with E-state index in [1.807, 2.05) is 52.7 Å². The maximum absolute atomic E-state index is 13.0. The third-order valence-electron chi connectivity index (χ3n) is 4.77. The second-order valence-electron chi connectivity index (χ2n) is 6.76. The first kappa shape index (κ1) is 18.8. The Kier molecular flexibility index (Phi) is 5.83. The second kappa shape index (κ2) is 8.67. The Morgan fingerprint density at radius 3 is 2.57 bits per heavy atom. The number of benzene rings is 1. The van der Waals surface area contributed by atoms with Crippen molar-refractivity contribution >= 4 is 34.5 Å². The Labute approximate surface area is 172 Å². The highest BCUT2D eigenvalue weighted by Crippen LogP contribution is 2.27. The largest absolute Gasteiger partial charge is 0.341 e. The summed E-state index contributed by atoms with van der Waals surface area (Å²) in [4.78, 5) is 33.2. The number of nitrogens with zero attached hydrogens (tertiary/aromatic N) is 2. The van der Waals surface area contributed by atoms with E-state index in [0.717, 1.165) is 41.4 Å². The van der Waals surface area contributed by atoms with Gasteiger partial charge in [0.05, 0.1) is 4.88 Å². The van der Waals surface area contributed by atoms with Crippen LogP contribution >= 0.6 is 22.7 Å². The summed E-state index contributed by atoms with van der Waals surface area (Å²) in [6, 6.07) is 13.2. The number of nitrogens with one attached hydrogen (secondary N) is 1. The Morgan fingerprint density at radius 1 is 1.07 bits per heavy atom. The molecule has 7 heteroatoms. The van der Waals surface area contributed by atoms with Crippen molar-refractivity contribution in [1.29, 1.82) is 0 Å². The van der Waals surface area contributed by atoms with Gasteiger partial charge < -0.3 is 10.2 Å². The molecule has 2 aromatic heterocycles. The van der Waals surface area contributed by atoms with Gasteiger partial charge in [-0.25, -0.2) is 4.98 Å². The van der Waals surface area contributed by atoms with Crippen LogP contribution in [0.3, 0.4) is 0 Å². The molecular weight excluding hydrogens is 390 g/mol. The normalized spacial score (nSPS) is 14.8. The minimum Gasteiger partial charge on any atom is -0.341 e. The summed E-state index contributed by atoms with van der Waals surface area (Å²) in [6.07, 6.45) is 2.52. The molecule has 1 unspecified atom stereocenters. The van der Waals surface area contributed by atoms with Crippen LogP contribution in [0.1, 0.15) is 28.9 Å². The average Bonchev–Trinajstić information content (AvgIpc) is 3.49. The van der Waals surface area contributed by atoms with E-state index in [0.29, 0.717) is 12.1 Å². The molecule has 0 spiro atoms. The Balaban J connectivity index is 1.51. The number of aromatic nitrogens is 1. The van der Waals surface area contributed by atoms with Gasteiger partial charge in [-0.05, 0) is 29.9 Å². The van der Waals surface area contributed by atoms with Gasteiger partial charge >= 0.3 is 0 Å². The van der Waals surface area contributed by atoms with Crippen LogP contribution in [0.25, 0.3) is 9.88 Å². The lowest BCUT2D eigenvalue weighted by molar-refractivity contribution is -0.132. The van der Waals surface area contributed by atoms with Crippen molar-refractivity contribution in [3.8, 4) is 9.88 Å². The standard InChI is InChI=1S/C21H21N3O2S2/c25-19(17-14-28-20(23-17)18-9-6-12-27-18)22-16(13-15-7-2-1-3-8-15)21(26)24-10-4-5-11-24/h1-3,6-9,12,14,16H,4-5,10-11,13H2,(H,22,25). The maximum Gasteiger partial charge on any atom is 0.271 e. The number of thiazole rings is 1. The van der Waals surface area contributed by atoms with Crippen LogP contribution in [-0.4, -0.2) is 40.8 Å². The molecule has 1 aromatic carbocycles. The van der Waals surface area contributed by atoms with Crippen LogP contribution in [0.4, 0.5) is 0 Å². The fourth-order valence-electron chi connectivity index (χ4n) is 3.33. The smallest absolute Gasteiger partial charge is 0.271 e. The van der Waals surface area contributed by atoms with Crippen LogP contribution < -0.4 is 5.32 Å². The summed E-state index contributed by atoms with van der Waals surface area (Å²) in [5.74, 6) is -0.309. The van der Waals surface area contributed by atoms with Crippen molar-refractivity contribution < 1.29 is 9.59 Å². The highest BCUT2D eigenvalue weighted by atomic mass is 32.1. The predicted molar refractivity (Wildman–Crippen MR) is 113 cm³/mol. The number of hydrogen-bond donors (Lipinski definition) is 1. The molecule has 2 amide bonds. The molecule has 4 rings (SSSR count). The monoisotopic (exact) mass is 411 g/mol. The van der Waals surface area contributed by atoms with Crippen LogP contribution in [0, 0.1) is 0 Å². The van der Waals surface area contributed by atoms with Gasteiger partial charge in [-0.15, -0.1) is 22.7 Å². The number of thiophene rings is 1. The molecular formula is C21H21N3O2S2. The van der Waals surface area contributed by atoms with Gasteiger partial charge in [0.2, 0.25) is 5.91 Å². The van der Waals surface area contributed by atoms with E-state index in [2.05, 4.69) is 10.3 Å². The van der Waals surface area contributed by atoms with E-state index < -0.39 is 6.04 Å². The summed E-state index contributed by atoms with van der Waals surface area (Å²) in [5, 5.41) is 7.50. The Morgan fingerprint density at radius 2 is 1.86 bits per heavy atom. The van der Waals surface area contributed by atoms with Crippen molar-refractivity contribution in [3.05, 3.63) is 64.5 Å². The van der Waals surface area contributed by atoms with Gasteiger partial charge in [-0.1, -0.05) is 36.4 Å². The summed E-state index contributed by atoms with van der Waals surface area (Å²) in [6.45, 7) is 1.53. The van der Waals surface area contributed by atoms with Gasteiger partial charge in [0.1, 0.15) is 16.7 Å². The second-order valence-corrected chi connectivity index (χ2v) is 8.57. The van der Waals surface area contributed by atoms with Crippen molar-refractivity contribution in [2.24, 2.45) is 0 Å². The molecule has 1 fully saturated rings. The highest BCUT2D eigenvalue weighted by Gasteiger charge is 2.29. The molecule has 0 saturated carbocycles. The molecule has 3 aromatic rings. The van der Waals surface area contributed by atoms with E-state index in [9.17, 15) is 9.59 Å². The molecule has 1 saturated heterocycles. The summed E-state index contributed by atoms with van der Waals surface area (Å²) in [5.41, 5.74) is 1.39. The molecule has 1 atom stereocenters. The van der Waals surface area contributed by atoms with Gasteiger partial charge in [-0.2, -0.15) is 0 Å². The predicted octanol–water partition coefficient (Wildman–Crippen LogP) is 3.84. The fraction of sp³-hybridized carbons (Fsp3) is 0.286. The first-order valence-electron chi connectivity index (χ1n) is 9.34. The number of hydrogen-bond acceptors (Lipinski definition) is 5. The molecule has 28 heavy (non-hydrogen) atoms. The van der Waals surface area contributed by atoms with E-state index in [1.54, 1.807) is 16.7 Å². The zero-order valence-corrected chi connectivity index (χ0v) is 17.0. The molecule has 0 bridgehead atoms. The lowest BCUT2D eigenvalue weighted by atomic mass is 10.0. The minimum atomic E-state index is -0.583. The summed E-state index contributed by atoms with van der Waals surface area (Å²) < 4.78 is 0. The molecule has 0 radical (unpaired) electrons. The number of likely N-dealkylation sites (tertiary alicyclic amines) is 1. The number of carbonyl (C=O) groups excluding carboxylic acids is 2. The Hall–Kier alpha value is -2.51. The zero-order chi connectivity index (χ0) is 19.3. The van der Waals surface area contributed by atoms with Gasteiger partial charge in [0.15, 0.2) is 0 Å². The van der Waals surface area contributed by atoms with Crippen molar-refractivity contribution in [2.45, 2.75) is 25.3 Å². The maximum atomic E-state index is 13.0. The SMILES string of the molecule is O=C(NC(Cc1ccccc1)C(=O)N1CCCC1)c1csc(-c2cccs2)n1. The summed E-state index contributed by atoms with van der Waals surface area (Å²) >= 11 is 3.04. The fourth-order valence-corrected chi connectivity index (χ4v) is 4.95. The average molecular weight is 412 g/mol. The lowest BCUT2D eigenvalue weighted by Crippen LogP contribution is -2.49. The molecule has 1 aliphatic rings. The topological polar surface area (TPSA) is 62.3 Å². The van der Waals surface area contributed by atoms with E-state index in [4.69, 9.17) is 0 Å². The quantitative estimate of drug-likeness (QED) is 0.670. The molecule has 1 N–H and O–H groups in total. The third kappa shape index (κ3) is 4.31. The first-order chi connectivity index (χ1) is 13.7. The lowest BCUT2D eigenvalue weighted by Gasteiger charge is -2.24. The van der Waals surface area contributed by atoms with Crippen LogP contribution in [0.15, 0.2) is 53.2 Å². The zero-order valence-electron chi connectivity index (χ0n) is 15.3. The minimum absolute atomic E-state index is 0.0107. The van der Waals surface area contributed by atoms with E-state index >= 15 is 0 Å². The van der Waals surface area contributed by atoms with Gasteiger partial charge in [0, 0.05) is 24.9 Å². The number of amides is 2. The molecule has 0 aliphatic carbocycles. The first-order valence-corrected chi connectivity index (χ1v) is 11.1. The number of carbonyl (C=O) groups is 2. The summed E-state index contributed by atoms with van der Waals surface area (Å²) in [7, 11) is 0. The van der Waals surface area contributed by atoms with Crippen molar-refractivity contribution in [3.63, 3.8) is 0 Å². The highest BCUT2D eigenvalue weighted by molar-refractivity contribution is 7.20. The molecule has 5 nitrogen and oxygen atoms in total. The van der Waals surface area contributed by atoms with E-state index in [1.165, 1.54) is 11.3 Å². The Bertz CT molecular complexity index is 932. The molecule has 144 valence electrons. The van der Waals surface area contributed by atoms with E-state index in [-0.39, 0.29) is 11.8 Å². The molecule has 1 aliphatic heterocycles. The van der Waals surface area contributed by atoms with Crippen molar-refractivity contribution in [1.82, 2.24) is 15.2 Å². The van der Waals surface area contributed by atoms with Crippen molar-refractivity contribution in [2.75, 3.05) is 13.1 Å². The van der Waals surface area contributed by atoms with Crippen LogP contribution in [-0.2, 0) is 11.2 Å². The van der Waals surface area contributed by atoms with Crippen LogP contribution in [0.2, 0.25) is 0 Å². The van der Waals surface area contributed by atoms with Gasteiger partial charge in [0.25, 0.3) is 5.91 Å². The molecule has 3 heterocycles. The number of rotatable bonds is 6.